The molecule has 3 amide bonds. The number of aromatic amines is 1. The predicted octanol–water partition coefficient (Wildman–Crippen LogP) is -2.30. The van der Waals surface area contributed by atoms with Crippen molar-refractivity contribution in [1.29, 1.82) is 0 Å². The molecule has 156 valence electrons. The van der Waals surface area contributed by atoms with Crippen molar-refractivity contribution in [2.24, 2.45) is 5.73 Å². The van der Waals surface area contributed by atoms with Gasteiger partial charge in [0.2, 0.25) is 17.7 Å². The maximum absolute atomic E-state index is 12.7. The van der Waals surface area contributed by atoms with E-state index >= 15 is 0 Å². The summed E-state index contributed by atoms with van der Waals surface area (Å²) < 4.78 is 0. The Balaban J connectivity index is 2.86. The van der Waals surface area contributed by atoms with E-state index in [1.54, 1.807) is 0 Å². The molecule has 4 atom stereocenters. The van der Waals surface area contributed by atoms with Gasteiger partial charge in [-0.3, -0.25) is 19.2 Å². The van der Waals surface area contributed by atoms with Crippen LogP contribution in [-0.4, -0.2) is 74.4 Å². The molecule has 4 unspecified atom stereocenters. The van der Waals surface area contributed by atoms with Gasteiger partial charge in [0.15, 0.2) is 0 Å². The van der Waals surface area contributed by atoms with Gasteiger partial charge in [-0.2, -0.15) is 25.3 Å². The Kier molecular flexibility index (Phi) is 9.82. The molecule has 0 saturated carbocycles. The average molecular weight is 433 g/mol. The standard InChI is InChI=1S/C15H24N6O5S2/c1-7(15(25)26)19-14(24)11(5-28)21-13(23)10(2-8-3-17-6-18-8)20-12(22)9(16)4-27/h3,6-7,9-11,27-28H,2,4-5,16H2,1H3,(H,17,18)(H,19,24)(H,20,22)(H,21,23)(H,25,26). The van der Waals surface area contributed by atoms with Crippen LogP contribution in [0.5, 0.6) is 0 Å². The van der Waals surface area contributed by atoms with E-state index in [2.05, 4.69) is 51.2 Å². The van der Waals surface area contributed by atoms with Crippen LogP contribution in [0.4, 0.5) is 0 Å². The number of carbonyl (C=O) groups excluding carboxylic acids is 3. The smallest absolute Gasteiger partial charge is 0.325 e. The van der Waals surface area contributed by atoms with E-state index in [0.29, 0.717) is 5.69 Å². The van der Waals surface area contributed by atoms with Gasteiger partial charge in [-0.25, -0.2) is 4.98 Å². The number of hydrogen-bond donors (Lipinski definition) is 8. The van der Waals surface area contributed by atoms with Gasteiger partial charge in [0.05, 0.1) is 12.4 Å². The summed E-state index contributed by atoms with van der Waals surface area (Å²) in [6, 6.07) is -4.20. The molecule has 0 radical (unpaired) electrons. The van der Waals surface area contributed by atoms with Gasteiger partial charge in [-0.1, -0.05) is 0 Å². The summed E-state index contributed by atoms with van der Waals surface area (Å²) in [5.74, 6) is -3.17. The highest BCUT2D eigenvalue weighted by molar-refractivity contribution is 7.80. The third-order valence-electron chi connectivity index (χ3n) is 3.69. The molecule has 11 nitrogen and oxygen atoms in total. The molecular formula is C15H24N6O5S2. The molecule has 0 fully saturated rings. The topological polar surface area (TPSA) is 179 Å². The Labute approximate surface area is 172 Å². The molecule has 0 saturated heterocycles. The van der Waals surface area contributed by atoms with Crippen LogP contribution in [0.2, 0.25) is 0 Å². The van der Waals surface area contributed by atoms with Crippen LogP contribution in [0.25, 0.3) is 0 Å². The van der Waals surface area contributed by atoms with Crippen molar-refractivity contribution >= 4 is 48.9 Å². The number of rotatable bonds is 11. The zero-order valence-electron chi connectivity index (χ0n) is 15.1. The number of carbonyl (C=O) groups is 4. The zero-order valence-corrected chi connectivity index (χ0v) is 16.9. The molecule has 0 spiro atoms. The highest BCUT2D eigenvalue weighted by atomic mass is 32.1. The van der Waals surface area contributed by atoms with E-state index in [1.165, 1.54) is 19.4 Å². The van der Waals surface area contributed by atoms with Crippen molar-refractivity contribution in [3.8, 4) is 0 Å². The minimum atomic E-state index is -1.22. The summed E-state index contributed by atoms with van der Waals surface area (Å²) in [6.07, 6.45) is 2.98. The summed E-state index contributed by atoms with van der Waals surface area (Å²) in [5, 5.41) is 16.1. The van der Waals surface area contributed by atoms with Crippen LogP contribution < -0.4 is 21.7 Å². The molecular weight excluding hydrogens is 408 g/mol. The van der Waals surface area contributed by atoms with E-state index in [1.807, 2.05) is 0 Å². The molecule has 0 bridgehead atoms. The lowest BCUT2D eigenvalue weighted by molar-refractivity contribution is -0.141. The summed E-state index contributed by atoms with van der Waals surface area (Å²) >= 11 is 7.97. The van der Waals surface area contributed by atoms with Crippen molar-refractivity contribution in [2.75, 3.05) is 11.5 Å². The number of carboxylic acids is 1. The molecule has 0 aromatic carbocycles. The van der Waals surface area contributed by atoms with Crippen LogP contribution in [-0.2, 0) is 25.6 Å². The number of H-pyrrole nitrogens is 1. The monoisotopic (exact) mass is 432 g/mol. The van der Waals surface area contributed by atoms with Gasteiger partial charge >= 0.3 is 5.97 Å². The summed E-state index contributed by atoms with van der Waals surface area (Å²) in [6.45, 7) is 1.29. The number of thiol groups is 2. The van der Waals surface area contributed by atoms with E-state index in [4.69, 9.17) is 10.8 Å². The third kappa shape index (κ3) is 7.40. The first kappa shape index (κ1) is 23.8. The van der Waals surface area contributed by atoms with Crippen LogP contribution in [0.3, 0.4) is 0 Å². The van der Waals surface area contributed by atoms with Gasteiger partial charge < -0.3 is 31.8 Å². The first-order valence-electron chi connectivity index (χ1n) is 8.28. The van der Waals surface area contributed by atoms with Crippen molar-refractivity contribution in [3.63, 3.8) is 0 Å². The van der Waals surface area contributed by atoms with E-state index < -0.39 is 47.9 Å². The lowest BCUT2D eigenvalue weighted by Crippen LogP contribution is -2.58. The fraction of sp³-hybridized carbons (Fsp3) is 0.533. The average Bonchev–Trinajstić information content (AvgIpc) is 3.17. The molecule has 28 heavy (non-hydrogen) atoms. The number of nitrogens with two attached hydrogens (primary N) is 1. The first-order valence-corrected chi connectivity index (χ1v) is 9.54. The minimum Gasteiger partial charge on any atom is -0.480 e. The number of aliphatic carboxylic acids is 1. The molecule has 7 N–H and O–H groups in total. The fourth-order valence-electron chi connectivity index (χ4n) is 2.03. The summed E-state index contributed by atoms with van der Waals surface area (Å²) in [4.78, 5) is 54.4. The Bertz CT molecular complexity index is 686. The Morgan fingerprint density at radius 2 is 1.71 bits per heavy atom. The maximum Gasteiger partial charge on any atom is 0.325 e. The molecule has 0 aliphatic rings. The Morgan fingerprint density at radius 1 is 1.11 bits per heavy atom. The van der Waals surface area contributed by atoms with Gasteiger partial charge in [0, 0.05) is 29.8 Å². The largest absolute Gasteiger partial charge is 0.480 e. The molecule has 0 aliphatic carbocycles. The lowest BCUT2D eigenvalue weighted by Gasteiger charge is -2.23. The van der Waals surface area contributed by atoms with Crippen molar-refractivity contribution in [1.82, 2.24) is 25.9 Å². The Morgan fingerprint density at radius 3 is 2.21 bits per heavy atom. The zero-order chi connectivity index (χ0) is 21.3. The second-order valence-electron chi connectivity index (χ2n) is 5.94. The first-order chi connectivity index (χ1) is 13.2. The molecule has 1 aromatic heterocycles. The summed E-state index contributed by atoms with van der Waals surface area (Å²) in [7, 11) is 0. The number of hydrogen-bond acceptors (Lipinski definition) is 8. The molecule has 1 heterocycles. The van der Waals surface area contributed by atoms with Crippen molar-refractivity contribution < 1.29 is 24.3 Å². The molecule has 13 heteroatoms. The second kappa shape index (κ2) is 11.6. The quantitative estimate of drug-likeness (QED) is 0.181. The second-order valence-corrected chi connectivity index (χ2v) is 6.67. The maximum atomic E-state index is 12.7. The number of carboxylic acid groups (broad SMARTS) is 1. The van der Waals surface area contributed by atoms with Gasteiger partial charge in [0.1, 0.15) is 18.1 Å². The fourth-order valence-corrected chi connectivity index (χ4v) is 2.45. The molecule has 1 rings (SSSR count). The third-order valence-corrected chi connectivity index (χ3v) is 4.45. The van der Waals surface area contributed by atoms with Gasteiger partial charge in [-0.05, 0) is 6.92 Å². The molecule has 0 aliphatic heterocycles. The van der Waals surface area contributed by atoms with Gasteiger partial charge in [-0.15, -0.1) is 0 Å². The summed E-state index contributed by atoms with van der Waals surface area (Å²) in [5.41, 5.74) is 6.20. The molecule has 1 aromatic rings. The van der Waals surface area contributed by atoms with Crippen molar-refractivity contribution in [2.45, 2.75) is 37.5 Å². The van der Waals surface area contributed by atoms with E-state index in [-0.39, 0.29) is 17.9 Å². The van der Waals surface area contributed by atoms with Crippen LogP contribution in [0.1, 0.15) is 12.6 Å². The van der Waals surface area contributed by atoms with Crippen molar-refractivity contribution in [3.05, 3.63) is 18.2 Å². The Hall–Kier alpha value is -2.25. The predicted molar refractivity (Wildman–Crippen MR) is 107 cm³/mol. The highest BCUT2D eigenvalue weighted by Gasteiger charge is 2.29. The number of amides is 3. The van der Waals surface area contributed by atoms with Crippen LogP contribution >= 0.6 is 25.3 Å². The van der Waals surface area contributed by atoms with Crippen LogP contribution in [0.15, 0.2) is 12.5 Å². The number of aromatic nitrogens is 2. The number of nitrogens with one attached hydrogen (secondary N) is 4. The van der Waals surface area contributed by atoms with Crippen LogP contribution in [0, 0.1) is 0 Å². The van der Waals surface area contributed by atoms with E-state index in [9.17, 15) is 19.2 Å². The lowest BCUT2D eigenvalue weighted by atomic mass is 10.1. The highest BCUT2D eigenvalue weighted by Crippen LogP contribution is 2.02. The number of nitrogens with zero attached hydrogens (tertiary/aromatic N) is 1. The minimum absolute atomic E-state index is 0.0727. The number of imidazole rings is 1. The normalized spacial score (nSPS) is 15.0. The van der Waals surface area contributed by atoms with E-state index in [0.717, 1.165) is 0 Å². The van der Waals surface area contributed by atoms with Gasteiger partial charge in [0.25, 0.3) is 0 Å². The SMILES string of the molecule is CC(NC(=O)C(CS)NC(=O)C(Cc1cnc[nH]1)NC(=O)C(N)CS)C(=O)O.